The van der Waals surface area contributed by atoms with Crippen molar-refractivity contribution in [1.29, 1.82) is 0 Å². The number of hydrogen-bond acceptors (Lipinski definition) is 6. The Bertz CT molecular complexity index is 749. The number of fused-ring (bicyclic) bond motifs is 1. The predicted octanol–water partition coefficient (Wildman–Crippen LogP) is 4.47. The van der Waals surface area contributed by atoms with E-state index in [1.807, 2.05) is 18.4 Å². The lowest BCUT2D eigenvalue weighted by molar-refractivity contribution is 0.116. The zero-order chi connectivity index (χ0) is 15.7. The highest BCUT2D eigenvalue weighted by molar-refractivity contribution is 7.24. The predicted molar refractivity (Wildman–Crippen MR) is 91.6 cm³/mol. The Hall–Kier alpha value is -1.09. The van der Waals surface area contributed by atoms with Crippen LogP contribution in [0.15, 0.2) is 17.5 Å². The largest absolute Gasteiger partial charge is 0.370 e. The van der Waals surface area contributed by atoms with Gasteiger partial charge in [-0.3, -0.25) is 0 Å². The third kappa shape index (κ3) is 3.15. The first-order valence-corrected chi connectivity index (χ1v) is 9.21. The van der Waals surface area contributed by atoms with Crippen molar-refractivity contribution in [2.75, 3.05) is 5.32 Å². The van der Waals surface area contributed by atoms with Gasteiger partial charge in [0.05, 0.1) is 17.3 Å². The number of rotatable bonds is 6. The average molecular weight is 359 g/mol. The van der Waals surface area contributed by atoms with Crippen molar-refractivity contribution >= 4 is 49.4 Å². The highest BCUT2D eigenvalue weighted by Gasteiger charge is 2.21. The minimum absolute atomic E-state index is 0.194. The number of halogens is 2. The fraction of sp³-hybridized carbons (Fsp3) is 0.357. The number of nitrogens with zero attached hydrogens (tertiary/aromatic N) is 1. The number of alkyl halides is 2. The van der Waals surface area contributed by atoms with E-state index in [1.165, 1.54) is 27.7 Å². The van der Waals surface area contributed by atoms with Crippen LogP contribution in [0.25, 0.3) is 10.2 Å². The lowest BCUT2D eigenvalue weighted by atomic mass is 10.1. The molecule has 0 aliphatic heterocycles. The molecule has 0 saturated heterocycles. The quantitative estimate of drug-likeness (QED) is 0.682. The van der Waals surface area contributed by atoms with Gasteiger partial charge in [0, 0.05) is 16.2 Å². The van der Waals surface area contributed by atoms with E-state index >= 15 is 0 Å². The van der Waals surface area contributed by atoms with Crippen LogP contribution in [0.5, 0.6) is 0 Å². The molecule has 0 aliphatic carbocycles. The van der Waals surface area contributed by atoms with Crippen molar-refractivity contribution in [1.82, 2.24) is 4.37 Å². The molecule has 0 amide bonds. The third-order valence-corrected chi connectivity index (χ3v) is 6.53. The smallest absolute Gasteiger partial charge is 0.253 e. The second kappa shape index (κ2) is 6.57. The van der Waals surface area contributed by atoms with E-state index in [1.54, 1.807) is 11.3 Å². The van der Waals surface area contributed by atoms with Crippen molar-refractivity contribution in [3.05, 3.63) is 32.8 Å². The fourth-order valence-electron chi connectivity index (χ4n) is 2.14. The summed E-state index contributed by atoms with van der Waals surface area (Å²) in [6.45, 7) is 2.67. The maximum absolute atomic E-state index is 12.6. The second-order valence-corrected chi connectivity index (χ2v) is 7.89. The molecule has 0 aromatic carbocycles. The summed E-state index contributed by atoms with van der Waals surface area (Å²) in [6, 6.07) is 2.97. The van der Waals surface area contributed by atoms with Crippen LogP contribution in [0.3, 0.4) is 0 Å². The molecule has 0 aliphatic rings. The summed E-state index contributed by atoms with van der Waals surface area (Å²) < 4.78 is 30.8. The van der Waals surface area contributed by atoms with E-state index in [4.69, 9.17) is 5.73 Å². The van der Waals surface area contributed by atoms with Gasteiger partial charge in [-0.25, -0.2) is 8.78 Å². The second-order valence-electron chi connectivity index (χ2n) is 4.98. The normalized spacial score (nSPS) is 13.1. The lowest BCUT2D eigenvalue weighted by Gasteiger charge is -2.09. The number of aromatic nitrogens is 1. The molecule has 0 bridgehead atoms. The van der Waals surface area contributed by atoms with Gasteiger partial charge in [-0.1, -0.05) is 6.07 Å². The van der Waals surface area contributed by atoms with Crippen LogP contribution in [0.1, 0.15) is 15.3 Å². The molecule has 3 rings (SSSR count). The maximum atomic E-state index is 12.6. The SMILES string of the molecule is Cc1c(C[C@@H](N)C(F)F)sc2c(NCc3cccs3)snc12. The fourth-order valence-corrected chi connectivity index (χ4v) is 5.04. The molecule has 3 nitrogen and oxygen atoms in total. The Morgan fingerprint density at radius 3 is 2.91 bits per heavy atom. The molecule has 8 heteroatoms. The van der Waals surface area contributed by atoms with Crippen molar-refractivity contribution in [3.8, 4) is 0 Å². The van der Waals surface area contributed by atoms with Gasteiger partial charge < -0.3 is 11.1 Å². The van der Waals surface area contributed by atoms with Gasteiger partial charge in [0.2, 0.25) is 0 Å². The molecule has 3 heterocycles. The number of nitrogens with one attached hydrogen (secondary N) is 1. The third-order valence-electron chi connectivity index (χ3n) is 3.40. The highest BCUT2D eigenvalue weighted by Crippen LogP contribution is 2.39. The van der Waals surface area contributed by atoms with Gasteiger partial charge in [-0.15, -0.1) is 22.7 Å². The van der Waals surface area contributed by atoms with Crippen LogP contribution in [-0.2, 0) is 13.0 Å². The van der Waals surface area contributed by atoms with Crippen LogP contribution >= 0.6 is 34.2 Å². The van der Waals surface area contributed by atoms with Crippen molar-refractivity contribution in [2.24, 2.45) is 5.73 Å². The van der Waals surface area contributed by atoms with Crippen LogP contribution < -0.4 is 11.1 Å². The first kappa shape index (κ1) is 15.8. The Balaban J connectivity index is 1.81. The molecule has 0 spiro atoms. The zero-order valence-electron chi connectivity index (χ0n) is 11.8. The number of hydrogen-bond donors (Lipinski definition) is 2. The molecule has 118 valence electrons. The molecular weight excluding hydrogens is 344 g/mol. The topological polar surface area (TPSA) is 50.9 Å². The first-order chi connectivity index (χ1) is 10.6. The number of thiophene rings is 2. The molecule has 0 radical (unpaired) electrons. The molecule has 1 atom stereocenters. The molecule has 22 heavy (non-hydrogen) atoms. The van der Waals surface area contributed by atoms with E-state index < -0.39 is 12.5 Å². The zero-order valence-corrected chi connectivity index (χ0v) is 14.3. The van der Waals surface area contributed by atoms with Gasteiger partial charge in [0.1, 0.15) is 10.5 Å². The molecule has 0 unspecified atom stereocenters. The maximum Gasteiger partial charge on any atom is 0.253 e. The van der Waals surface area contributed by atoms with Gasteiger partial charge in [-0.2, -0.15) is 4.37 Å². The number of anilines is 1. The summed E-state index contributed by atoms with van der Waals surface area (Å²) in [7, 11) is 0. The lowest BCUT2D eigenvalue weighted by Crippen LogP contribution is -2.30. The summed E-state index contributed by atoms with van der Waals surface area (Å²) in [6.07, 6.45) is -2.30. The number of nitrogens with two attached hydrogens (primary N) is 1. The monoisotopic (exact) mass is 359 g/mol. The summed E-state index contributed by atoms with van der Waals surface area (Å²) in [4.78, 5) is 2.15. The minimum Gasteiger partial charge on any atom is -0.370 e. The van der Waals surface area contributed by atoms with E-state index in [9.17, 15) is 8.78 Å². The Morgan fingerprint density at radius 1 is 1.41 bits per heavy atom. The Morgan fingerprint density at radius 2 is 2.23 bits per heavy atom. The van der Waals surface area contributed by atoms with E-state index in [0.29, 0.717) is 0 Å². The molecular formula is C14H15F2N3S3. The number of aryl methyl sites for hydroxylation is 1. The Labute approximate surface area is 138 Å². The van der Waals surface area contributed by atoms with E-state index in [-0.39, 0.29) is 6.42 Å². The van der Waals surface area contributed by atoms with E-state index in [0.717, 1.165) is 32.2 Å². The van der Waals surface area contributed by atoms with Crippen molar-refractivity contribution < 1.29 is 8.78 Å². The van der Waals surface area contributed by atoms with Crippen LogP contribution in [0, 0.1) is 6.92 Å². The van der Waals surface area contributed by atoms with Gasteiger partial charge in [0.25, 0.3) is 6.43 Å². The Kier molecular flexibility index (Phi) is 4.72. The molecule has 3 N–H and O–H groups in total. The molecule has 3 aromatic heterocycles. The summed E-state index contributed by atoms with van der Waals surface area (Å²) in [5.41, 5.74) is 7.37. The molecule has 0 saturated carbocycles. The summed E-state index contributed by atoms with van der Waals surface area (Å²) >= 11 is 4.62. The van der Waals surface area contributed by atoms with Gasteiger partial charge in [0.15, 0.2) is 0 Å². The first-order valence-electron chi connectivity index (χ1n) is 6.74. The standard InChI is InChI=1S/C14H15F2N3S3/c1-7-10(5-9(17)13(15)16)21-12-11(7)19-22-14(12)18-6-8-3-2-4-20-8/h2-4,9,13,18H,5-6,17H2,1H3/t9-/m1/s1. The van der Waals surface area contributed by atoms with Crippen LogP contribution in [-0.4, -0.2) is 16.8 Å². The summed E-state index contributed by atoms with van der Waals surface area (Å²) in [5.74, 6) is 0. The summed E-state index contributed by atoms with van der Waals surface area (Å²) in [5, 5.41) is 6.42. The van der Waals surface area contributed by atoms with Crippen LogP contribution in [0.4, 0.5) is 13.8 Å². The van der Waals surface area contributed by atoms with Gasteiger partial charge in [-0.05, 0) is 35.5 Å². The molecule has 3 aromatic rings. The minimum atomic E-state index is -2.50. The van der Waals surface area contributed by atoms with Crippen LogP contribution in [0.2, 0.25) is 0 Å². The highest BCUT2D eigenvalue weighted by atomic mass is 32.1. The van der Waals surface area contributed by atoms with Crippen molar-refractivity contribution in [3.63, 3.8) is 0 Å². The molecule has 0 fully saturated rings. The van der Waals surface area contributed by atoms with Gasteiger partial charge >= 0.3 is 0 Å². The average Bonchev–Trinajstić information content (AvgIpc) is 3.17. The van der Waals surface area contributed by atoms with E-state index in [2.05, 4.69) is 15.8 Å². The van der Waals surface area contributed by atoms with Crippen molar-refractivity contribution in [2.45, 2.75) is 32.4 Å².